The molecule has 0 rings (SSSR count). The molecule has 0 aliphatic heterocycles. The van der Waals surface area contributed by atoms with E-state index in [9.17, 15) is 0 Å². The Morgan fingerprint density at radius 2 is 2.00 bits per heavy atom. The van der Waals surface area contributed by atoms with Crippen molar-refractivity contribution in [2.24, 2.45) is 10.4 Å². The fraction of sp³-hybridized carbons (Fsp3) is 0.667. The van der Waals surface area contributed by atoms with Crippen molar-refractivity contribution in [3.63, 3.8) is 0 Å². The fourth-order valence-electron chi connectivity index (χ4n) is 0.840. The first kappa shape index (κ1) is 10.4. The van der Waals surface area contributed by atoms with E-state index in [-0.39, 0.29) is 12.0 Å². The summed E-state index contributed by atoms with van der Waals surface area (Å²) in [7, 11) is 0. The van der Waals surface area contributed by atoms with Gasteiger partial charge in [-0.05, 0) is 6.92 Å². The molecule has 0 aliphatic carbocycles. The van der Waals surface area contributed by atoms with Crippen molar-refractivity contribution >= 4 is 6.21 Å². The molecule has 0 bridgehead atoms. The smallest absolute Gasteiger partial charge is 0.0783 e. The molecule has 0 aliphatic rings. The maximum atomic E-state index is 8.50. The van der Waals surface area contributed by atoms with Crippen LogP contribution in [0.5, 0.6) is 0 Å². The second kappa shape index (κ2) is 4.29. The maximum Gasteiger partial charge on any atom is 0.0783 e. The van der Waals surface area contributed by atoms with Crippen LogP contribution in [0.1, 0.15) is 27.7 Å². The first-order valence-electron chi connectivity index (χ1n) is 3.82. The number of hydrogen-bond donors (Lipinski definition) is 1. The molecule has 0 heterocycles. The third kappa shape index (κ3) is 3.94. The molecule has 0 saturated carbocycles. The van der Waals surface area contributed by atoms with Crippen LogP contribution in [0.2, 0.25) is 0 Å². The van der Waals surface area contributed by atoms with Gasteiger partial charge in [0, 0.05) is 17.3 Å². The molecule has 1 N–H and O–H groups in total. The molecule has 0 unspecified atom stereocenters. The number of aliphatic hydroxyl groups excluding tert-OH is 1. The van der Waals surface area contributed by atoms with Crippen LogP contribution in [-0.2, 0) is 0 Å². The normalized spacial score (nSPS) is 14.5. The van der Waals surface area contributed by atoms with Crippen molar-refractivity contribution in [3.8, 4) is 0 Å². The third-order valence-corrected chi connectivity index (χ3v) is 1.35. The van der Waals surface area contributed by atoms with Gasteiger partial charge in [0.05, 0.1) is 6.61 Å². The molecular formula is C9H17NO. The Hall–Kier alpha value is -0.630. The Balaban J connectivity index is 4.33. The lowest BCUT2D eigenvalue weighted by Gasteiger charge is -2.18. The number of hydrogen-bond acceptors (Lipinski definition) is 2. The van der Waals surface area contributed by atoms with Crippen molar-refractivity contribution in [3.05, 3.63) is 11.8 Å². The first-order valence-corrected chi connectivity index (χ1v) is 3.82. The molecule has 0 saturated heterocycles. The predicted octanol–water partition coefficient (Wildman–Crippen LogP) is 2.00. The van der Waals surface area contributed by atoms with E-state index in [1.165, 1.54) is 6.21 Å². The molecule has 0 radical (unpaired) electrons. The van der Waals surface area contributed by atoms with Crippen LogP contribution >= 0.6 is 0 Å². The van der Waals surface area contributed by atoms with Gasteiger partial charge in [-0.25, -0.2) is 0 Å². The largest absolute Gasteiger partial charge is 0.391 e. The predicted molar refractivity (Wildman–Crippen MR) is 48.8 cm³/mol. The van der Waals surface area contributed by atoms with Crippen LogP contribution in [0.4, 0.5) is 0 Å². The minimum atomic E-state index is 0.00736. The zero-order valence-corrected chi connectivity index (χ0v) is 7.76. The van der Waals surface area contributed by atoms with Crippen LogP contribution in [0.3, 0.4) is 0 Å². The number of rotatable bonds is 2. The Kier molecular flexibility index (Phi) is 4.04. The number of aliphatic imine (C=N–C) groups is 1. The van der Waals surface area contributed by atoms with Gasteiger partial charge in [0.1, 0.15) is 0 Å². The van der Waals surface area contributed by atoms with Gasteiger partial charge < -0.3 is 5.11 Å². The van der Waals surface area contributed by atoms with Gasteiger partial charge in [0.25, 0.3) is 0 Å². The Morgan fingerprint density at radius 1 is 1.45 bits per heavy atom. The highest BCUT2D eigenvalue weighted by atomic mass is 16.2. The van der Waals surface area contributed by atoms with Gasteiger partial charge in [-0.2, -0.15) is 0 Å². The second-order valence-corrected chi connectivity index (χ2v) is 3.42. The maximum absolute atomic E-state index is 8.50. The van der Waals surface area contributed by atoms with Gasteiger partial charge in [-0.3, -0.25) is 4.99 Å². The van der Waals surface area contributed by atoms with E-state index in [0.29, 0.717) is 0 Å². The summed E-state index contributed by atoms with van der Waals surface area (Å²) in [6.07, 6.45) is 3.48. The molecule has 64 valence electrons. The summed E-state index contributed by atoms with van der Waals surface area (Å²) >= 11 is 0. The molecule has 0 amide bonds. The van der Waals surface area contributed by atoms with Crippen LogP contribution in [0.15, 0.2) is 16.8 Å². The Labute approximate surface area is 68.7 Å². The van der Waals surface area contributed by atoms with Crippen LogP contribution in [0.25, 0.3) is 0 Å². The van der Waals surface area contributed by atoms with Crippen molar-refractivity contribution in [1.29, 1.82) is 0 Å². The number of allylic oxidation sites excluding steroid dienone is 2. The summed E-state index contributed by atoms with van der Waals surface area (Å²) in [5.41, 5.74) is 1.08. The summed E-state index contributed by atoms with van der Waals surface area (Å²) in [5.74, 6) is 0. The topological polar surface area (TPSA) is 32.6 Å². The average molecular weight is 155 g/mol. The zero-order chi connectivity index (χ0) is 8.91. The summed E-state index contributed by atoms with van der Waals surface area (Å²) in [6.45, 7) is 8.24. The second-order valence-electron chi connectivity index (χ2n) is 3.42. The lowest BCUT2D eigenvalue weighted by molar-refractivity contribution is 0.361. The van der Waals surface area contributed by atoms with Crippen LogP contribution < -0.4 is 0 Å². The lowest BCUT2D eigenvalue weighted by atomic mass is 9.92. The van der Waals surface area contributed by atoms with Gasteiger partial charge in [-0.1, -0.05) is 26.8 Å². The molecule has 0 atom stereocenters. The lowest BCUT2D eigenvalue weighted by Crippen LogP contribution is -2.07. The zero-order valence-electron chi connectivity index (χ0n) is 7.76. The highest BCUT2D eigenvalue weighted by Gasteiger charge is 2.14. The molecule has 0 spiro atoms. The number of aliphatic hydroxyl groups is 1. The minimum absolute atomic E-state index is 0.00736. The summed E-state index contributed by atoms with van der Waals surface area (Å²) < 4.78 is 0. The van der Waals surface area contributed by atoms with Gasteiger partial charge >= 0.3 is 0 Å². The van der Waals surface area contributed by atoms with Crippen molar-refractivity contribution in [1.82, 2.24) is 0 Å². The Morgan fingerprint density at radius 3 is 2.27 bits per heavy atom. The average Bonchev–Trinajstić information content (AvgIpc) is 1.87. The van der Waals surface area contributed by atoms with E-state index in [1.54, 1.807) is 0 Å². The molecule has 11 heavy (non-hydrogen) atoms. The van der Waals surface area contributed by atoms with Gasteiger partial charge in [-0.15, -0.1) is 0 Å². The first-order chi connectivity index (χ1) is 5.02. The standard InChI is InChI=1S/C9H17NO/c1-5-8(9(2,3)4)10-6-7-11/h5-6,11H,7H2,1-4H3/b8-5-,10-6?. The highest BCUT2D eigenvalue weighted by molar-refractivity contribution is 5.60. The monoisotopic (exact) mass is 155 g/mol. The van der Waals surface area contributed by atoms with Crippen molar-refractivity contribution < 1.29 is 5.11 Å². The van der Waals surface area contributed by atoms with E-state index in [2.05, 4.69) is 25.8 Å². The molecule has 0 fully saturated rings. The van der Waals surface area contributed by atoms with Crippen molar-refractivity contribution in [2.45, 2.75) is 27.7 Å². The minimum Gasteiger partial charge on any atom is -0.391 e. The SMILES string of the molecule is C/C=C(\N=CCO)C(C)(C)C. The molecule has 0 aromatic carbocycles. The van der Waals surface area contributed by atoms with E-state index >= 15 is 0 Å². The molecule has 0 aromatic heterocycles. The van der Waals surface area contributed by atoms with Gasteiger partial charge in [0.2, 0.25) is 0 Å². The summed E-state index contributed by atoms with van der Waals surface area (Å²) in [5, 5.41) is 8.50. The van der Waals surface area contributed by atoms with Crippen molar-refractivity contribution in [2.75, 3.05) is 6.61 Å². The third-order valence-electron chi connectivity index (χ3n) is 1.35. The molecular weight excluding hydrogens is 138 g/mol. The molecule has 2 nitrogen and oxygen atoms in total. The van der Waals surface area contributed by atoms with E-state index < -0.39 is 0 Å². The fourth-order valence-corrected chi connectivity index (χ4v) is 0.840. The highest BCUT2D eigenvalue weighted by Crippen LogP contribution is 2.25. The van der Waals surface area contributed by atoms with Crippen LogP contribution in [-0.4, -0.2) is 17.9 Å². The summed E-state index contributed by atoms with van der Waals surface area (Å²) in [6, 6.07) is 0. The van der Waals surface area contributed by atoms with E-state index in [1.807, 2.05) is 13.0 Å². The summed E-state index contributed by atoms with van der Waals surface area (Å²) in [4.78, 5) is 4.12. The van der Waals surface area contributed by atoms with E-state index in [4.69, 9.17) is 5.11 Å². The molecule has 0 aromatic rings. The number of nitrogens with zero attached hydrogens (tertiary/aromatic N) is 1. The quantitative estimate of drug-likeness (QED) is 0.608. The molecule has 2 heteroatoms. The van der Waals surface area contributed by atoms with Crippen LogP contribution in [0, 0.1) is 5.41 Å². The van der Waals surface area contributed by atoms with E-state index in [0.717, 1.165) is 5.70 Å². The Bertz CT molecular complexity index is 163. The van der Waals surface area contributed by atoms with Gasteiger partial charge in [0.15, 0.2) is 0 Å².